The van der Waals surface area contributed by atoms with Gasteiger partial charge < -0.3 is 11.1 Å². The number of nitrogens with zero attached hydrogens (tertiary/aromatic N) is 2. The van der Waals surface area contributed by atoms with Crippen LogP contribution in [0.15, 0.2) is 5.16 Å². The number of aryl methyl sites for hydroxylation is 1. The molecule has 2 unspecified atom stereocenters. The van der Waals surface area contributed by atoms with Crippen molar-refractivity contribution in [3.8, 4) is 0 Å². The van der Waals surface area contributed by atoms with Crippen molar-refractivity contribution < 1.29 is 4.79 Å². The van der Waals surface area contributed by atoms with Crippen molar-refractivity contribution in [2.75, 3.05) is 11.5 Å². The fourth-order valence-electron chi connectivity index (χ4n) is 3.01. The van der Waals surface area contributed by atoms with Crippen molar-refractivity contribution in [2.24, 2.45) is 11.8 Å². The van der Waals surface area contributed by atoms with Crippen LogP contribution in [0.25, 0.3) is 10.2 Å². The summed E-state index contributed by atoms with van der Waals surface area (Å²) in [5.74, 6) is 2.00. The Morgan fingerprint density at radius 2 is 2.16 bits per heavy atom. The molecule has 25 heavy (non-hydrogen) atoms. The maximum atomic E-state index is 12.1. The summed E-state index contributed by atoms with van der Waals surface area (Å²) in [5, 5.41) is 4.63. The molecule has 0 saturated heterocycles. The lowest BCUT2D eigenvalue weighted by Crippen LogP contribution is -2.37. The van der Waals surface area contributed by atoms with Crippen molar-refractivity contribution in [1.82, 2.24) is 15.3 Å². The number of fused-ring (bicyclic) bond motifs is 3. The van der Waals surface area contributed by atoms with Gasteiger partial charge in [-0.15, -0.1) is 11.3 Å². The van der Waals surface area contributed by atoms with Gasteiger partial charge in [0.15, 0.2) is 5.16 Å². The molecule has 1 aliphatic rings. The second-order valence-corrected chi connectivity index (χ2v) is 9.34. The average molecular weight is 379 g/mol. The van der Waals surface area contributed by atoms with Gasteiger partial charge in [-0.1, -0.05) is 32.5 Å². The van der Waals surface area contributed by atoms with Crippen LogP contribution in [0.4, 0.5) is 5.82 Å². The minimum Gasteiger partial charge on any atom is -0.383 e. The molecule has 2 aromatic rings. The summed E-state index contributed by atoms with van der Waals surface area (Å²) in [6, 6.07) is 0.160. The number of rotatable bonds is 5. The predicted molar refractivity (Wildman–Crippen MR) is 106 cm³/mol. The Morgan fingerprint density at radius 3 is 2.88 bits per heavy atom. The zero-order valence-electron chi connectivity index (χ0n) is 15.3. The Bertz CT molecular complexity index is 787. The van der Waals surface area contributed by atoms with Gasteiger partial charge in [0, 0.05) is 10.9 Å². The monoisotopic (exact) mass is 378 g/mol. The van der Waals surface area contributed by atoms with Crippen LogP contribution in [0, 0.1) is 11.8 Å². The number of nitrogens with one attached hydrogen (secondary N) is 1. The van der Waals surface area contributed by atoms with Crippen molar-refractivity contribution in [1.29, 1.82) is 0 Å². The smallest absolute Gasteiger partial charge is 0.230 e. The van der Waals surface area contributed by atoms with Crippen LogP contribution in [-0.2, 0) is 17.6 Å². The van der Waals surface area contributed by atoms with Crippen LogP contribution >= 0.6 is 23.1 Å². The number of nitrogen functional groups attached to an aromatic ring is 1. The molecule has 0 bridgehead atoms. The lowest BCUT2D eigenvalue weighted by Gasteiger charge is -2.17. The Kier molecular flexibility index (Phi) is 5.53. The minimum atomic E-state index is 0.00719. The van der Waals surface area contributed by atoms with Gasteiger partial charge in [0.2, 0.25) is 5.91 Å². The van der Waals surface area contributed by atoms with Crippen LogP contribution in [0.5, 0.6) is 0 Å². The van der Waals surface area contributed by atoms with Crippen molar-refractivity contribution in [3.05, 3.63) is 10.4 Å². The molecule has 0 radical (unpaired) electrons. The highest BCUT2D eigenvalue weighted by Gasteiger charge is 2.23. The largest absolute Gasteiger partial charge is 0.383 e. The molecule has 1 aliphatic carbocycles. The summed E-state index contributed by atoms with van der Waals surface area (Å²) in [4.78, 5) is 23.5. The van der Waals surface area contributed by atoms with Crippen molar-refractivity contribution in [2.45, 2.75) is 58.2 Å². The first-order valence-corrected chi connectivity index (χ1v) is 10.6. The third-order valence-electron chi connectivity index (χ3n) is 4.88. The van der Waals surface area contributed by atoms with Crippen LogP contribution in [0.1, 0.15) is 44.6 Å². The number of anilines is 1. The van der Waals surface area contributed by atoms with E-state index in [1.54, 1.807) is 11.3 Å². The highest BCUT2D eigenvalue weighted by molar-refractivity contribution is 7.99. The standard InChI is InChI=1S/C18H26N4OS2/c1-9(2)11(4)20-14(23)8-24-18-21-16(19)15-12-6-5-10(3)7-13(12)25-17(15)22-18/h9-11H,5-8H2,1-4H3,(H,20,23)(H2,19,21,22). The van der Waals surface area contributed by atoms with Gasteiger partial charge in [0.05, 0.1) is 11.1 Å². The van der Waals surface area contributed by atoms with E-state index in [1.807, 2.05) is 6.92 Å². The summed E-state index contributed by atoms with van der Waals surface area (Å²) < 4.78 is 0. The van der Waals surface area contributed by atoms with Gasteiger partial charge in [0.25, 0.3) is 0 Å². The summed E-state index contributed by atoms with van der Waals surface area (Å²) in [7, 11) is 0. The van der Waals surface area contributed by atoms with Crippen molar-refractivity contribution >= 4 is 45.0 Å². The summed E-state index contributed by atoms with van der Waals surface area (Å²) >= 11 is 3.09. The Hall–Kier alpha value is -1.34. The normalized spacial score (nSPS) is 18.4. The number of amides is 1. The fourth-order valence-corrected chi connectivity index (χ4v) is 5.12. The zero-order chi connectivity index (χ0) is 18.1. The number of thioether (sulfide) groups is 1. The third-order valence-corrected chi connectivity index (χ3v) is 6.88. The third kappa shape index (κ3) is 4.08. The van der Waals surface area contributed by atoms with Gasteiger partial charge in [-0.2, -0.15) is 0 Å². The van der Waals surface area contributed by atoms with E-state index in [9.17, 15) is 4.79 Å². The van der Waals surface area contributed by atoms with Crippen LogP contribution in [0.3, 0.4) is 0 Å². The fraction of sp³-hybridized carbons (Fsp3) is 0.611. The molecule has 0 spiro atoms. The Labute approximate surface area is 157 Å². The molecule has 2 aromatic heterocycles. The van der Waals surface area contributed by atoms with Crippen LogP contribution < -0.4 is 11.1 Å². The highest BCUT2D eigenvalue weighted by atomic mass is 32.2. The first-order valence-electron chi connectivity index (χ1n) is 8.85. The molecule has 2 heterocycles. The molecule has 0 saturated carbocycles. The van der Waals surface area contributed by atoms with Gasteiger partial charge >= 0.3 is 0 Å². The molecule has 5 nitrogen and oxygen atoms in total. The molecule has 7 heteroatoms. The molecular weight excluding hydrogens is 352 g/mol. The first-order chi connectivity index (χ1) is 11.8. The lowest BCUT2D eigenvalue weighted by atomic mass is 9.89. The lowest BCUT2D eigenvalue weighted by molar-refractivity contribution is -0.119. The van der Waals surface area contributed by atoms with Gasteiger partial charge in [-0.3, -0.25) is 4.79 Å². The van der Waals surface area contributed by atoms with E-state index in [-0.39, 0.29) is 11.9 Å². The number of carbonyl (C=O) groups excluding carboxylic acids is 1. The van der Waals surface area contributed by atoms with Crippen LogP contribution in [0.2, 0.25) is 0 Å². The quantitative estimate of drug-likeness (QED) is 0.613. The Morgan fingerprint density at radius 1 is 1.40 bits per heavy atom. The molecule has 3 rings (SSSR count). The number of aromatic nitrogens is 2. The summed E-state index contributed by atoms with van der Waals surface area (Å²) in [5.41, 5.74) is 7.57. The van der Waals surface area contributed by atoms with Gasteiger partial charge in [-0.25, -0.2) is 9.97 Å². The first kappa shape index (κ1) is 18.5. The van der Waals surface area contributed by atoms with E-state index < -0.39 is 0 Å². The second kappa shape index (κ2) is 7.50. The van der Waals surface area contributed by atoms with E-state index in [1.165, 1.54) is 28.6 Å². The maximum Gasteiger partial charge on any atom is 0.230 e. The van der Waals surface area contributed by atoms with Gasteiger partial charge in [0.1, 0.15) is 10.6 Å². The topological polar surface area (TPSA) is 80.9 Å². The number of carbonyl (C=O) groups is 1. The summed E-state index contributed by atoms with van der Waals surface area (Å²) in [6.07, 6.45) is 3.36. The Balaban J connectivity index is 1.74. The van der Waals surface area contributed by atoms with Crippen molar-refractivity contribution in [3.63, 3.8) is 0 Å². The van der Waals surface area contributed by atoms with E-state index in [0.717, 1.165) is 29.0 Å². The average Bonchev–Trinajstić information content (AvgIpc) is 2.90. The molecule has 0 aromatic carbocycles. The van der Waals surface area contributed by atoms with E-state index in [4.69, 9.17) is 5.73 Å². The molecule has 0 fully saturated rings. The molecule has 1 amide bonds. The maximum absolute atomic E-state index is 12.1. The number of hydrogen-bond donors (Lipinski definition) is 2. The summed E-state index contributed by atoms with van der Waals surface area (Å²) in [6.45, 7) is 8.50. The minimum absolute atomic E-state index is 0.00719. The predicted octanol–water partition coefficient (Wildman–Crippen LogP) is 3.65. The van der Waals surface area contributed by atoms with E-state index in [2.05, 4.69) is 36.1 Å². The highest BCUT2D eigenvalue weighted by Crippen LogP contribution is 2.39. The number of hydrogen-bond acceptors (Lipinski definition) is 6. The second-order valence-electron chi connectivity index (χ2n) is 7.31. The SMILES string of the molecule is CC1CCc2c(sc3nc(SCC(=O)NC(C)C(C)C)nc(N)c23)C1. The van der Waals surface area contributed by atoms with E-state index >= 15 is 0 Å². The molecule has 3 N–H and O–H groups in total. The number of thiophene rings is 1. The van der Waals surface area contributed by atoms with Gasteiger partial charge in [-0.05, 0) is 43.6 Å². The van der Waals surface area contributed by atoms with E-state index in [0.29, 0.717) is 22.6 Å². The molecule has 136 valence electrons. The van der Waals surface area contributed by atoms with Crippen LogP contribution in [-0.4, -0.2) is 27.7 Å². The molecular formula is C18H26N4OS2. The number of nitrogens with two attached hydrogens (primary N) is 1. The molecule has 2 atom stereocenters. The molecule has 0 aliphatic heterocycles. The zero-order valence-corrected chi connectivity index (χ0v) is 16.9.